The average Bonchev–Trinajstić information content (AvgIpc) is 3.13. The number of rotatable bonds is 8. The maximum Gasteiger partial charge on any atom is 0.318 e. The first-order valence-electron chi connectivity index (χ1n) is 10.7. The van der Waals surface area contributed by atoms with Crippen molar-refractivity contribution in [1.82, 2.24) is 0 Å². The normalized spacial score (nSPS) is 14.2. The van der Waals surface area contributed by atoms with E-state index in [1.807, 2.05) is 0 Å². The van der Waals surface area contributed by atoms with Gasteiger partial charge in [0.05, 0.1) is 38.1 Å². The van der Waals surface area contributed by atoms with Crippen LogP contribution in [0.2, 0.25) is 10.0 Å². The van der Waals surface area contributed by atoms with Gasteiger partial charge >= 0.3 is 5.69 Å². The summed E-state index contributed by atoms with van der Waals surface area (Å²) in [5, 5.41) is 23.2. The summed E-state index contributed by atoms with van der Waals surface area (Å²) >= 11 is 18.7. The lowest BCUT2D eigenvalue weighted by molar-refractivity contribution is -0.394. The SMILES string of the molecule is CCOc1cc(/C=C2\SC(=S)N(c3ccc(Cl)cc3Cl)C2=O)ccc1Oc1ccc([N+](=O)[O-])cc1[N+](=O)[O-]. The van der Waals surface area contributed by atoms with E-state index in [1.54, 1.807) is 37.3 Å². The minimum atomic E-state index is -0.772. The van der Waals surface area contributed by atoms with Crippen molar-refractivity contribution in [3.05, 3.63) is 95.3 Å². The number of benzene rings is 3. The molecule has 194 valence electrons. The third-order valence-electron chi connectivity index (χ3n) is 5.08. The van der Waals surface area contributed by atoms with Crippen molar-refractivity contribution in [2.24, 2.45) is 0 Å². The van der Waals surface area contributed by atoms with Crippen LogP contribution >= 0.6 is 47.2 Å². The lowest BCUT2D eigenvalue weighted by atomic mass is 10.1. The zero-order chi connectivity index (χ0) is 27.6. The second-order valence-electron chi connectivity index (χ2n) is 7.52. The van der Waals surface area contributed by atoms with Crippen molar-refractivity contribution >= 4 is 80.5 Å². The number of carbonyl (C=O) groups is 1. The number of thiocarbonyl (C=S) groups is 1. The molecule has 38 heavy (non-hydrogen) atoms. The van der Waals surface area contributed by atoms with E-state index < -0.39 is 21.2 Å². The molecule has 1 fully saturated rings. The molecular weight excluding hydrogens is 577 g/mol. The van der Waals surface area contributed by atoms with Crippen LogP contribution in [0.3, 0.4) is 0 Å². The molecule has 1 saturated heterocycles. The minimum Gasteiger partial charge on any atom is -0.490 e. The fourth-order valence-electron chi connectivity index (χ4n) is 3.42. The molecule has 1 amide bonds. The number of halogens is 2. The first-order chi connectivity index (χ1) is 18.1. The van der Waals surface area contributed by atoms with Crippen LogP contribution in [-0.2, 0) is 4.79 Å². The molecule has 0 spiro atoms. The Bertz CT molecular complexity index is 1530. The van der Waals surface area contributed by atoms with Gasteiger partial charge in [0.2, 0.25) is 5.75 Å². The smallest absolute Gasteiger partial charge is 0.318 e. The summed E-state index contributed by atoms with van der Waals surface area (Å²) in [5.41, 5.74) is -0.0380. The van der Waals surface area contributed by atoms with Crippen molar-refractivity contribution in [1.29, 1.82) is 0 Å². The summed E-state index contributed by atoms with van der Waals surface area (Å²) in [6.07, 6.45) is 1.61. The van der Waals surface area contributed by atoms with Gasteiger partial charge in [0.25, 0.3) is 11.6 Å². The highest BCUT2D eigenvalue weighted by Gasteiger charge is 2.34. The zero-order valence-electron chi connectivity index (χ0n) is 19.3. The quantitative estimate of drug-likeness (QED) is 0.114. The molecular formula is C24H15Cl2N3O7S2. The van der Waals surface area contributed by atoms with E-state index in [0.29, 0.717) is 25.5 Å². The third kappa shape index (κ3) is 5.73. The summed E-state index contributed by atoms with van der Waals surface area (Å²) < 4.78 is 11.7. The number of thioether (sulfide) groups is 1. The standard InChI is InChI=1S/C24H15Cl2N3O7S2/c1-2-35-21-9-13(3-7-20(21)36-19-8-5-15(28(31)32)12-18(19)29(33)34)10-22-23(30)27(24(37)38-22)17-6-4-14(25)11-16(17)26/h3-12H,2H2,1H3/b22-10-. The molecule has 10 nitrogen and oxygen atoms in total. The van der Waals surface area contributed by atoms with Crippen molar-refractivity contribution in [2.75, 3.05) is 11.5 Å². The highest BCUT2D eigenvalue weighted by molar-refractivity contribution is 8.27. The Kier molecular flexibility index (Phi) is 8.17. The number of nitro benzene ring substituents is 2. The molecule has 14 heteroatoms. The van der Waals surface area contributed by atoms with Crippen LogP contribution in [0.15, 0.2) is 59.5 Å². The maximum absolute atomic E-state index is 13.1. The molecule has 0 saturated carbocycles. The minimum absolute atomic E-state index is 0.140. The van der Waals surface area contributed by atoms with E-state index in [1.165, 1.54) is 17.0 Å². The van der Waals surface area contributed by atoms with Gasteiger partial charge in [-0.1, -0.05) is 53.2 Å². The lowest BCUT2D eigenvalue weighted by Gasteiger charge is -2.16. The Balaban J connectivity index is 1.65. The summed E-state index contributed by atoms with van der Waals surface area (Å²) in [5.74, 6) is -0.189. The number of hydrogen-bond donors (Lipinski definition) is 0. The molecule has 0 aromatic heterocycles. The highest BCUT2D eigenvalue weighted by atomic mass is 35.5. The van der Waals surface area contributed by atoms with Crippen LogP contribution in [0, 0.1) is 20.2 Å². The van der Waals surface area contributed by atoms with Crippen LogP contribution in [-0.4, -0.2) is 26.7 Å². The maximum atomic E-state index is 13.1. The molecule has 0 aliphatic carbocycles. The fraction of sp³-hybridized carbons (Fsp3) is 0.0833. The fourth-order valence-corrected chi connectivity index (χ4v) is 5.20. The molecule has 0 atom stereocenters. The summed E-state index contributed by atoms with van der Waals surface area (Å²) in [7, 11) is 0. The predicted octanol–water partition coefficient (Wildman–Crippen LogP) is 7.41. The average molecular weight is 592 g/mol. The highest BCUT2D eigenvalue weighted by Crippen LogP contribution is 2.42. The topological polar surface area (TPSA) is 125 Å². The molecule has 1 aliphatic heterocycles. The number of amides is 1. The Hall–Kier alpha value is -3.71. The van der Waals surface area contributed by atoms with Crippen molar-refractivity contribution in [2.45, 2.75) is 6.92 Å². The van der Waals surface area contributed by atoms with Gasteiger partial charge in [-0.3, -0.25) is 29.9 Å². The second-order valence-corrected chi connectivity index (χ2v) is 10.0. The second kappa shape index (κ2) is 11.4. The van der Waals surface area contributed by atoms with Crippen LogP contribution in [0.25, 0.3) is 6.08 Å². The number of nitrogens with zero attached hydrogens (tertiary/aromatic N) is 3. The number of hydrogen-bond acceptors (Lipinski definition) is 9. The van der Waals surface area contributed by atoms with Gasteiger partial charge in [-0.2, -0.15) is 0 Å². The van der Waals surface area contributed by atoms with Crippen LogP contribution in [0.4, 0.5) is 17.1 Å². The Morgan fingerprint density at radius 3 is 2.39 bits per heavy atom. The van der Waals surface area contributed by atoms with Gasteiger partial charge < -0.3 is 9.47 Å². The third-order valence-corrected chi connectivity index (χ3v) is 6.92. The largest absolute Gasteiger partial charge is 0.490 e. The first kappa shape index (κ1) is 27.3. The van der Waals surface area contributed by atoms with Gasteiger partial charge in [-0.15, -0.1) is 0 Å². The molecule has 1 heterocycles. The van der Waals surface area contributed by atoms with Gasteiger partial charge in [-0.25, -0.2) is 0 Å². The molecule has 4 rings (SSSR count). The van der Waals surface area contributed by atoms with Crippen LogP contribution in [0.5, 0.6) is 17.2 Å². The molecule has 3 aromatic rings. The number of non-ortho nitro benzene ring substituents is 1. The Morgan fingerprint density at radius 2 is 1.74 bits per heavy atom. The molecule has 3 aromatic carbocycles. The summed E-state index contributed by atoms with van der Waals surface area (Å²) in [6.45, 7) is 1.99. The molecule has 0 N–H and O–H groups in total. The summed E-state index contributed by atoms with van der Waals surface area (Å²) in [6, 6.07) is 12.5. The van der Waals surface area contributed by atoms with Crippen LogP contribution < -0.4 is 14.4 Å². The number of nitro groups is 2. The van der Waals surface area contributed by atoms with Crippen molar-refractivity contribution in [3.63, 3.8) is 0 Å². The first-order valence-corrected chi connectivity index (χ1v) is 12.7. The van der Waals surface area contributed by atoms with Crippen LogP contribution in [0.1, 0.15) is 12.5 Å². The van der Waals surface area contributed by atoms with E-state index in [4.69, 9.17) is 44.9 Å². The predicted molar refractivity (Wildman–Crippen MR) is 150 cm³/mol. The molecule has 1 aliphatic rings. The number of ether oxygens (including phenoxy) is 2. The lowest BCUT2D eigenvalue weighted by Crippen LogP contribution is -2.27. The van der Waals surface area contributed by atoms with E-state index >= 15 is 0 Å². The van der Waals surface area contributed by atoms with E-state index in [-0.39, 0.29) is 34.8 Å². The molecule has 0 bridgehead atoms. The van der Waals surface area contributed by atoms with E-state index in [9.17, 15) is 25.0 Å². The van der Waals surface area contributed by atoms with Gasteiger partial charge in [-0.05, 0) is 55.0 Å². The van der Waals surface area contributed by atoms with Gasteiger partial charge in [0.1, 0.15) is 0 Å². The van der Waals surface area contributed by atoms with E-state index in [0.717, 1.165) is 30.0 Å². The number of anilines is 1. The van der Waals surface area contributed by atoms with Gasteiger partial charge in [0, 0.05) is 11.1 Å². The summed E-state index contributed by atoms with van der Waals surface area (Å²) in [4.78, 5) is 35.8. The van der Waals surface area contributed by atoms with Crippen molar-refractivity contribution in [3.8, 4) is 17.2 Å². The monoisotopic (exact) mass is 591 g/mol. The van der Waals surface area contributed by atoms with Crippen molar-refractivity contribution < 1.29 is 24.1 Å². The Labute approximate surface area is 235 Å². The number of carbonyl (C=O) groups excluding carboxylic acids is 1. The van der Waals surface area contributed by atoms with Gasteiger partial charge in [0.15, 0.2) is 15.8 Å². The van der Waals surface area contributed by atoms with E-state index in [2.05, 4.69) is 0 Å². The zero-order valence-corrected chi connectivity index (χ0v) is 22.4. The molecule has 0 radical (unpaired) electrons. The Morgan fingerprint density at radius 1 is 1.00 bits per heavy atom. The molecule has 0 unspecified atom stereocenters.